The number of ether oxygens (including phenoxy) is 3. The molecule has 0 radical (unpaired) electrons. The third-order valence-electron chi connectivity index (χ3n) is 2.59. The number of hydrogen-bond donors (Lipinski definition) is 1. The first-order valence-corrected chi connectivity index (χ1v) is 5.35. The predicted molar refractivity (Wildman–Crippen MR) is 58.8 cm³/mol. The molecule has 4 heteroatoms. The van der Waals surface area contributed by atoms with Crippen molar-refractivity contribution in [3.05, 3.63) is 23.8 Å². The fourth-order valence-corrected chi connectivity index (χ4v) is 1.69. The van der Waals surface area contributed by atoms with Crippen molar-refractivity contribution in [3.63, 3.8) is 0 Å². The molecular weight excluding hydrogens is 208 g/mol. The van der Waals surface area contributed by atoms with E-state index in [1.807, 2.05) is 12.1 Å². The molecule has 0 saturated carbocycles. The highest BCUT2D eigenvalue weighted by molar-refractivity contribution is 5.42. The molecular formula is C12H16O4. The van der Waals surface area contributed by atoms with Crippen LogP contribution in [0.1, 0.15) is 12.0 Å². The van der Waals surface area contributed by atoms with E-state index in [1.54, 1.807) is 13.2 Å². The number of hydrogen-bond acceptors (Lipinski definition) is 4. The number of aliphatic hydroxyl groups excluding tert-OH is 1. The maximum absolute atomic E-state index is 9.02. The number of rotatable bonds is 4. The predicted octanol–water partition coefficient (Wildman–Crippen LogP) is 1.36. The second-order valence-electron chi connectivity index (χ2n) is 3.75. The summed E-state index contributed by atoms with van der Waals surface area (Å²) in [6.07, 6.45) is 1.01. The monoisotopic (exact) mass is 224 g/mol. The minimum Gasteiger partial charge on any atom is -0.493 e. The Hall–Kier alpha value is -1.26. The van der Waals surface area contributed by atoms with Gasteiger partial charge in [0.15, 0.2) is 11.5 Å². The summed E-state index contributed by atoms with van der Waals surface area (Å²) in [6, 6.07) is 5.43. The molecule has 2 rings (SSSR count). The van der Waals surface area contributed by atoms with Crippen molar-refractivity contribution in [2.45, 2.75) is 19.1 Å². The molecule has 4 nitrogen and oxygen atoms in total. The van der Waals surface area contributed by atoms with Crippen molar-refractivity contribution < 1.29 is 19.3 Å². The Balaban J connectivity index is 2.12. The van der Waals surface area contributed by atoms with Gasteiger partial charge < -0.3 is 19.3 Å². The molecule has 1 unspecified atom stereocenters. The van der Waals surface area contributed by atoms with Gasteiger partial charge >= 0.3 is 0 Å². The molecule has 0 spiro atoms. The highest BCUT2D eigenvalue weighted by Crippen LogP contribution is 2.30. The quantitative estimate of drug-likeness (QED) is 0.838. The van der Waals surface area contributed by atoms with Crippen molar-refractivity contribution in [1.29, 1.82) is 0 Å². The molecule has 1 aromatic rings. The lowest BCUT2D eigenvalue weighted by atomic mass is 10.2. The molecule has 1 atom stereocenters. The van der Waals surface area contributed by atoms with Crippen LogP contribution in [0.4, 0.5) is 0 Å². The van der Waals surface area contributed by atoms with Crippen molar-refractivity contribution in [1.82, 2.24) is 0 Å². The van der Waals surface area contributed by atoms with Crippen LogP contribution >= 0.6 is 0 Å². The van der Waals surface area contributed by atoms with E-state index in [0.29, 0.717) is 18.1 Å². The zero-order valence-electron chi connectivity index (χ0n) is 9.31. The molecule has 1 aliphatic rings. The average Bonchev–Trinajstić information content (AvgIpc) is 2.82. The van der Waals surface area contributed by atoms with Gasteiger partial charge in [-0.05, 0) is 17.7 Å². The molecule has 16 heavy (non-hydrogen) atoms. The second kappa shape index (κ2) is 5.18. The standard InChI is InChI=1S/C12H16O4/c1-14-12-6-9(7-13)2-3-11(12)16-10-4-5-15-8-10/h2-3,6,10,13H,4-5,7-8H2,1H3. The van der Waals surface area contributed by atoms with Gasteiger partial charge in [-0.15, -0.1) is 0 Å². The van der Waals surface area contributed by atoms with Crippen molar-refractivity contribution in [3.8, 4) is 11.5 Å². The second-order valence-corrected chi connectivity index (χ2v) is 3.75. The molecule has 0 aliphatic carbocycles. The molecule has 1 aromatic carbocycles. The molecule has 0 aromatic heterocycles. The first-order chi connectivity index (χ1) is 7.83. The van der Waals surface area contributed by atoms with Gasteiger partial charge in [-0.25, -0.2) is 0 Å². The van der Waals surface area contributed by atoms with E-state index >= 15 is 0 Å². The van der Waals surface area contributed by atoms with Crippen molar-refractivity contribution >= 4 is 0 Å². The number of benzene rings is 1. The minimum atomic E-state index is 0.00315. The van der Waals surface area contributed by atoms with Crippen LogP contribution < -0.4 is 9.47 Å². The maximum atomic E-state index is 9.02. The molecule has 1 N–H and O–H groups in total. The third-order valence-corrected chi connectivity index (χ3v) is 2.59. The van der Waals surface area contributed by atoms with E-state index in [4.69, 9.17) is 19.3 Å². The largest absolute Gasteiger partial charge is 0.493 e. The van der Waals surface area contributed by atoms with E-state index in [2.05, 4.69) is 0 Å². The van der Waals surface area contributed by atoms with Crippen LogP contribution in [-0.4, -0.2) is 31.5 Å². The molecule has 0 bridgehead atoms. The van der Waals surface area contributed by atoms with Gasteiger partial charge in [0.25, 0.3) is 0 Å². The summed E-state index contributed by atoms with van der Waals surface area (Å²) < 4.78 is 16.2. The zero-order chi connectivity index (χ0) is 11.4. The summed E-state index contributed by atoms with van der Waals surface area (Å²) >= 11 is 0. The Labute approximate surface area is 94.8 Å². The number of methoxy groups -OCH3 is 1. The van der Waals surface area contributed by atoms with Crippen LogP contribution in [0.3, 0.4) is 0 Å². The Bertz CT molecular complexity index is 345. The van der Waals surface area contributed by atoms with Crippen LogP contribution in [0.2, 0.25) is 0 Å². The van der Waals surface area contributed by atoms with Crippen LogP contribution in [0.5, 0.6) is 11.5 Å². The Morgan fingerprint density at radius 3 is 2.94 bits per heavy atom. The fourth-order valence-electron chi connectivity index (χ4n) is 1.69. The Morgan fingerprint density at radius 1 is 1.44 bits per heavy atom. The van der Waals surface area contributed by atoms with Gasteiger partial charge in [0, 0.05) is 6.42 Å². The fraction of sp³-hybridized carbons (Fsp3) is 0.500. The van der Waals surface area contributed by atoms with Gasteiger partial charge in [-0.2, -0.15) is 0 Å². The van der Waals surface area contributed by atoms with E-state index < -0.39 is 0 Å². The average molecular weight is 224 g/mol. The summed E-state index contributed by atoms with van der Waals surface area (Å²) in [4.78, 5) is 0. The van der Waals surface area contributed by atoms with Gasteiger partial charge in [-0.1, -0.05) is 6.07 Å². The summed E-state index contributed by atoms with van der Waals surface area (Å²) in [6.45, 7) is 1.38. The van der Waals surface area contributed by atoms with E-state index in [1.165, 1.54) is 0 Å². The maximum Gasteiger partial charge on any atom is 0.161 e. The highest BCUT2D eigenvalue weighted by Gasteiger charge is 2.18. The van der Waals surface area contributed by atoms with Crippen LogP contribution in [0, 0.1) is 0 Å². The van der Waals surface area contributed by atoms with Crippen LogP contribution in [0.15, 0.2) is 18.2 Å². The van der Waals surface area contributed by atoms with E-state index in [-0.39, 0.29) is 12.7 Å². The number of aliphatic hydroxyl groups is 1. The lowest BCUT2D eigenvalue weighted by Gasteiger charge is -2.15. The summed E-state index contributed by atoms with van der Waals surface area (Å²) in [5.41, 5.74) is 0.812. The van der Waals surface area contributed by atoms with Crippen LogP contribution in [0.25, 0.3) is 0 Å². The zero-order valence-corrected chi connectivity index (χ0v) is 9.31. The van der Waals surface area contributed by atoms with Crippen molar-refractivity contribution in [2.75, 3.05) is 20.3 Å². The molecule has 0 amide bonds. The smallest absolute Gasteiger partial charge is 0.161 e. The van der Waals surface area contributed by atoms with Crippen molar-refractivity contribution in [2.24, 2.45) is 0 Å². The topological polar surface area (TPSA) is 47.9 Å². The van der Waals surface area contributed by atoms with E-state index in [9.17, 15) is 0 Å². The van der Waals surface area contributed by atoms with Gasteiger partial charge in [-0.3, -0.25) is 0 Å². The summed E-state index contributed by atoms with van der Waals surface area (Å²) in [5.74, 6) is 1.36. The van der Waals surface area contributed by atoms with Crippen LogP contribution in [-0.2, 0) is 11.3 Å². The summed E-state index contributed by atoms with van der Waals surface area (Å²) in [7, 11) is 1.59. The van der Waals surface area contributed by atoms with E-state index in [0.717, 1.165) is 18.6 Å². The molecule has 1 aliphatic heterocycles. The lowest BCUT2D eigenvalue weighted by molar-refractivity contribution is 0.138. The highest BCUT2D eigenvalue weighted by atomic mass is 16.6. The van der Waals surface area contributed by atoms with Gasteiger partial charge in [0.2, 0.25) is 0 Å². The SMILES string of the molecule is COc1cc(CO)ccc1OC1CCOC1. The van der Waals surface area contributed by atoms with Gasteiger partial charge in [0.1, 0.15) is 6.10 Å². The molecule has 1 saturated heterocycles. The Morgan fingerprint density at radius 2 is 2.31 bits per heavy atom. The Kier molecular flexibility index (Phi) is 3.64. The summed E-state index contributed by atoms with van der Waals surface area (Å²) in [5, 5.41) is 9.02. The first-order valence-electron chi connectivity index (χ1n) is 5.35. The normalized spacial score (nSPS) is 19.8. The third kappa shape index (κ3) is 2.46. The first kappa shape index (κ1) is 11.2. The lowest BCUT2D eigenvalue weighted by Crippen LogP contribution is -2.16. The molecule has 88 valence electrons. The molecule has 1 fully saturated rings. The van der Waals surface area contributed by atoms with Gasteiger partial charge in [0.05, 0.1) is 26.9 Å². The minimum absolute atomic E-state index is 0.00315. The molecule has 1 heterocycles.